The maximum Gasteiger partial charge on any atom is 0.340 e. The Kier molecular flexibility index (Phi) is 5.68. The molecule has 4 nitrogen and oxygen atoms in total. The lowest BCUT2D eigenvalue weighted by Gasteiger charge is -2.15. The lowest BCUT2D eigenvalue weighted by Crippen LogP contribution is -2.30. The van der Waals surface area contributed by atoms with E-state index in [1.807, 2.05) is 13.8 Å². The second-order valence-electron chi connectivity index (χ2n) is 4.96. The summed E-state index contributed by atoms with van der Waals surface area (Å²) in [5, 5.41) is 3.20. The van der Waals surface area contributed by atoms with Crippen LogP contribution in [-0.2, 0) is 9.53 Å². The summed E-state index contributed by atoms with van der Waals surface area (Å²) in [7, 11) is 0. The van der Waals surface area contributed by atoms with E-state index in [0.29, 0.717) is 21.3 Å². The number of esters is 1. The highest BCUT2D eigenvalue weighted by molar-refractivity contribution is 7.12. The molecule has 1 aromatic heterocycles. The minimum atomic E-state index is -0.977. The van der Waals surface area contributed by atoms with Gasteiger partial charge in [-0.25, -0.2) is 4.79 Å². The summed E-state index contributed by atoms with van der Waals surface area (Å²) in [6.45, 7) is 5.24. The number of hydrogen-bond acceptors (Lipinski definition) is 4. The first-order chi connectivity index (χ1) is 10.8. The fourth-order valence-corrected chi connectivity index (χ4v) is 3.36. The minimum Gasteiger partial charge on any atom is -0.449 e. The van der Waals surface area contributed by atoms with Gasteiger partial charge in [0.2, 0.25) is 0 Å². The van der Waals surface area contributed by atoms with E-state index in [9.17, 15) is 9.59 Å². The number of ether oxygens (including phenoxy) is 1. The van der Waals surface area contributed by atoms with E-state index in [0.717, 1.165) is 9.75 Å². The van der Waals surface area contributed by atoms with Crippen LogP contribution in [0, 0.1) is 13.8 Å². The second-order valence-corrected chi connectivity index (χ2v) is 7.24. The topological polar surface area (TPSA) is 55.4 Å². The molecular weight excluding hydrogens is 357 g/mol. The van der Waals surface area contributed by atoms with Crippen molar-refractivity contribution in [2.75, 3.05) is 5.32 Å². The molecule has 0 aliphatic carbocycles. The van der Waals surface area contributed by atoms with Gasteiger partial charge in [-0.3, -0.25) is 4.79 Å². The van der Waals surface area contributed by atoms with Gasteiger partial charge in [-0.1, -0.05) is 29.3 Å². The van der Waals surface area contributed by atoms with Crippen LogP contribution in [-0.4, -0.2) is 18.0 Å². The fraction of sp³-hybridized carbons (Fsp3) is 0.250. The summed E-state index contributed by atoms with van der Waals surface area (Å²) in [4.78, 5) is 26.2. The first-order valence-corrected chi connectivity index (χ1v) is 8.39. The summed E-state index contributed by atoms with van der Waals surface area (Å²) >= 11 is 13.5. The van der Waals surface area contributed by atoms with Crippen molar-refractivity contribution in [2.45, 2.75) is 26.9 Å². The molecule has 2 rings (SSSR count). The van der Waals surface area contributed by atoms with E-state index < -0.39 is 18.0 Å². The number of carbonyl (C=O) groups excluding carboxylic acids is 2. The lowest BCUT2D eigenvalue weighted by atomic mass is 10.2. The van der Waals surface area contributed by atoms with Crippen molar-refractivity contribution < 1.29 is 14.3 Å². The molecule has 7 heteroatoms. The number of carbonyl (C=O) groups is 2. The molecular formula is C16H15Cl2NO3S. The largest absolute Gasteiger partial charge is 0.449 e. The molecule has 1 aromatic carbocycles. The number of benzene rings is 1. The number of rotatable bonds is 4. The molecule has 122 valence electrons. The van der Waals surface area contributed by atoms with E-state index >= 15 is 0 Å². The van der Waals surface area contributed by atoms with Gasteiger partial charge >= 0.3 is 5.97 Å². The monoisotopic (exact) mass is 371 g/mol. The van der Waals surface area contributed by atoms with E-state index in [-0.39, 0.29) is 0 Å². The standard InChI is InChI=1S/C16H15Cl2NO3S/c1-8-7-11(10(3)23-8)16(21)22-9(2)15(20)19-14-12(17)5-4-6-13(14)18/h4-7,9H,1-3H3,(H,19,20)/t9-/m1/s1. The predicted molar refractivity (Wildman–Crippen MR) is 93.8 cm³/mol. The fourth-order valence-electron chi connectivity index (χ4n) is 1.95. The van der Waals surface area contributed by atoms with Gasteiger partial charge in [0, 0.05) is 9.75 Å². The Labute approximate surface area is 148 Å². The molecule has 0 fully saturated rings. The molecule has 1 N–H and O–H groups in total. The zero-order chi connectivity index (χ0) is 17.1. The molecule has 2 aromatic rings. The number of anilines is 1. The quantitative estimate of drug-likeness (QED) is 0.780. The summed E-state index contributed by atoms with van der Waals surface area (Å²) in [5.41, 5.74) is 0.772. The number of aryl methyl sites for hydroxylation is 2. The summed E-state index contributed by atoms with van der Waals surface area (Å²) in [5.74, 6) is -1.03. The third-order valence-electron chi connectivity index (χ3n) is 3.12. The van der Waals surface area contributed by atoms with Crippen molar-refractivity contribution in [3.05, 3.63) is 49.6 Å². The Morgan fingerprint density at radius 1 is 1.22 bits per heavy atom. The number of halogens is 2. The van der Waals surface area contributed by atoms with Crippen LogP contribution in [0.2, 0.25) is 10.0 Å². The molecule has 0 saturated carbocycles. The number of thiophene rings is 1. The molecule has 1 heterocycles. The Bertz CT molecular complexity index is 738. The zero-order valence-electron chi connectivity index (χ0n) is 12.8. The first kappa shape index (κ1) is 17.8. The van der Waals surface area contributed by atoms with Crippen LogP contribution < -0.4 is 5.32 Å². The minimum absolute atomic E-state index is 0.297. The highest BCUT2D eigenvalue weighted by Crippen LogP contribution is 2.30. The molecule has 0 spiro atoms. The Balaban J connectivity index is 2.06. The van der Waals surface area contributed by atoms with Crippen LogP contribution in [0.5, 0.6) is 0 Å². The number of hydrogen-bond donors (Lipinski definition) is 1. The molecule has 0 radical (unpaired) electrons. The number of nitrogens with one attached hydrogen (secondary N) is 1. The zero-order valence-corrected chi connectivity index (χ0v) is 15.1. The molecule has 0 bridgehead atoms. The van der Waals surface area contributed by atoms with Crippen molar-refractivity contribution >= 4 is 52.1 Å². The van der Waals surface area contributed by atoms with Crippen LogP contribution >= 0.6 is 34.5 Å². The van der Waals surface area contributed by atoms with Gasteiger partial charge in [-0.05, 0) is 39.0 Å². The number of amides is 1. The van der Waals surface area contributed by atoms with Crippen molar-refractivity contribution in [3.8, 4) is 0 Å². The van der Waals surface area contributed by atoms with Crippen molar-refractivity contribution in [2.24, 2.45) is 0 Å². The van der Waals surface area contributed by atoms with Crippen LogP contribution in [0.25, 0.3) is 0 Å². The van der Waals surface area contributed by atoms with E-state index in [2.05, 4.69) is 5.32 Å². The SMILES string of the molecule is Cc1cc(C(=O)O[C@H](C)C(=O)Nc2c(Cl)cccc2Cl)c(C)s1. The molecule has 0 aliphatic heterocycles. The van der Waals surface area contributed by atoms with Crippen LogP contribution in [0.15, 0.2) is 24.3 Å². The highest BCUT2D eigenvalue weighted by atomic mass is 35.5. The van der Waals surface area contributed by atoms with Crippen LogP contribution in [0.1, 0.15) is 27.0 Å². The van der Waals surface area contributed by atoms with Crippen LogP contribution in [0.4, 0.5) is 5.69 Å². The van der Waals surface area contributed by atoms with Gasteiger partial charge in [0.1, 0.15) is 0 Å². The van der Waals surface area contributed by atoms with Crippen LogP contribution in [0.3, 0.4) is 0 Å². The normalized spacial score (nSPS) is 11.9. The lowest BCUT2D eigenvalue weighted by molar-refractivity contribution is -0.123. The summed E-state index contributed by atoms with van der Waals surface area (Å²) in [6.07, 6.45) is -0.977. The second kappa shape index (κ2) is 7.34. The molecule has 0 aliphatic rings. The van der Waals surface area contributed by atoms with Gasteiger partial charge in [0.25, 0.3) is 5.91 Å². The molecule has 23 heavy (non-hydrogen) atoms. The Morgan fingerprint density at radius 3 is 2.35 bits per heavy atom. The molecule has 0 saturated heterocycles. The number of para-hydroxylation sites is 1. The van der Waals surface area contributed by atoms with Gasteiger partial charge < -0.3 is 10.1 Å². The first-order valence-electron chi connectivity index (χ1n) is 6.82. The molecule has 0 unspecified atom stereocenters. The molecule has 1 amide bonds. The third kappa shape index (κ3) is 4.25. The Hall–Kier alpha value is -1.56. The van der Waals surface area contributed by atoms with E-state index in [4.69, 9.17) is 27.9 Å². The van der Waals surface area contributed by atoms with Gasteiger partial charge in [-0.2, -0.15) is 0 Å². The Morgan fingerprint density at radius 2 is 1.83 bits per heavy atom. The van der Waals surface area contributed by atoms with Crippen molar-refractivity contribution in [1.82, 2.24) is 0 Å². The van der Waals surface area contributed by atoms with E-state index in [1.54, 1.807) is 24.3 Å². The average molecular weight is 372 g/mol. The smallest absolute Gasteiger partial charge is 0.340 e. The van der Waals surface area contributed by atoms with Gasteiger partial charge in [0.05, 0.1) is 21.3 Å². The van der Waals surface area contributed by atoms with Crippen molar-refractivity contribution in [3.63, 3.8) is 0 Å². The van der Waals surface area contributed by atoms with Gasteiger partial charge in [-0.15, -0.1) is 11.3 Å². The summed E-state index contributed by atoms with van der Waals surface area (Å²) in [6, 6.07) is 6.64. The predicted octanol–water partition coefficient (Wildman–Crippen LogP) is 4.86. The summed E-state index contributed by atoms with van der Waals surface area (Å²) < 4.78 is 5.21. The maximum atomic E-state index is 12.2. The average Bonchev–Trinajstić information content (AvgIpc) is 2.81. The van der Waals surface area contributed by atoms with Gasteiger partial charge in [0.15, 0.2) is 6.10 Å². The third-order valence-corrected chi connectivity index (χ3v) is 4.72. The maximum absolute atomic E-state index is 12.2. The molecule has 1 atom stereocenters. The highest BCUT2D eigenvalue weighted by Gasteiger charge is 2.22. The van der Waals surface area contributed by atoms with E-state index in [1.165, 1.54) is 18.3 Å². The van der Waals surface area contributed by atoms with Crippen molar-refractivity contribution in [1.29, 1.82) is 0 Å².